The Balaban J connectivity index is 1.38. The van der Waals surface area contributed by atoms with Crippen LogP contribution in [0.25, 0.3) is 10.2 Å². The number of aromatic amines is 1. The van der Waals surface area contributed by atoms with Gasteiger partial charge in [-0.05, 0) is 42.5 Å². The minimum atomic E-state index is -0.442. The number of nitrogens with one attached hydrogen (secondary N) is 2. The van der Waals surface area contributed by atoms with Crippen LogP contribution in [-0.4, -0.2) is 28.5 Å². The van der Waals surface area contributed by atoms with Crippen LogP contribution < -0.4 is 10.9 Å². The lowest BCUT2D eigenvalue weighted by molar-refractivity contribution is 0.0526. The van der Waals surface area contributed by atoms with Crippen molar-refractivity contribution in [3.8, 4) is 0 Å². The van der Waals surface area contributed by atoms with Crippen molar-refractivity contribution in [3.63, 3.8) is 0 Å². The second kappa shape index (κ2) is 11.1. The fourth-order valence-electron chi connectivity index (χ4n) is 3.54. The smallest absolute Gasteiger partial charge is 0.338 e. The number of carbonyl (C=O) groups is 2. The number of amides is 1. The third-order valence-electron chi connectivity index (χ3n) is 5.26. The summed E-state index contributed by atoms with van der Waals surface area (Å²) < 4.78 is 10.8. The number of ether oxygens (including phenoxy) is 2. The van der Waals surface area contributed by atoms with Crippen LogP contribution in [0, 0.1) is 6.92 Å². The molecule has 1 amide bonds. The summed E-state index contributed by atoms with van der Waals surface area (Å²) in [5.41, 5.74) is 3.76. The maximum absolute atomic E-state index is 12.7. The largest absolute Gasteiger partial charge is 0.462 e. The van der Waals surface area contributed by atoms with E-state index in [1.807, 2.05) is 36.6 Å². The lowest BCUT2D eigenvalue weighted by Gasteiger charge is -2.07. The summed E-state index contributed by atoms with van der Waals surface area (Å²) in [5, 5.41) is 5.02. The monoisotopic (exact) mass is 491 g/mol. The molecule has 4 rings (SSSR count). The minimum absolute atomic E-state index is 0.0221. The Bertz CT molecular complexity index is 1410. The van der Waals surface area contributed by atoms with Crippen molar-refractivity contribution in [1.82, 2.24) is 15.3 Å². The number of aryl methyl sites for hydroxylation is 1. The first kappa shape index (κ1) is 24.3. The second-order valence-electron chi connectivity index (χ2n) is 7.94. The van der Waals surface area contributed by atoms with Crippen LogP contribution in [0.5, 0.6) is 0 Å². The summed E-state index contributed by atoms with van der Waals surface area (Å²) >= 11 is 1.29. The maximum atomic E-state index is 12.7. The molecule has 2 heterocycles. The summed E-state index contributed by atoms with van der Waals surface area (Å²) in [5.74, 6) is -0.825. The molecule has 0 spiro atoms. The van der Waals surface area contributed by atoms with Crippen molar-refractivity contribution in [2.75, 3.05) is 6.61 Å². The van der Waals surface area contributed by atoms with E-state index in [-0.39, 0.29) is 24.0 Å². The zero-order valence-corrected chi connectivity index (χ0v) is 20.2. The van der Waals surface area contributed by atoms with Gasteiger partial charge in [-0.1, -0.05) is 42.0 Å². The van der Waals surface area contributed by atoms with Gasteiger partial charge in [0.05, 0.1) is 30.8 Å². The van der Waals surface area contributed by atoms with Gasteiger partial charge in [-0.3, -0.25) is 9.59 Å². The molecule has 4 aromatic rings. The Kier molecular flexibility index (Phi) is 7.69. The normalized spacial score (nSPS) is 10.9. The molecule has 0 aliphatic heterocycles. The van der Waals surface area contributed by atoms with Gasteiger partial charge in [0.1, 0.15) is 4.83 Å². The van der Waals surface area contributed by atoms with Gasteiger partial charge in [0, 0.05) is 12.1 Å². The Labute approximate surface area is 205 Å². The molecule has 2 N–H and O–H groups in total. The van der Waals surface area contributed by atoms with Gasteiger partial charge >= 0.3 is 5.97 Å². The fourth-order valence-corrected chi connectivity index (χ4v) is 4.46. The lowest BCUT2D eigenvalue weighted by Crippen LogP contribution is -2.27. The molecular weight excluding hydrogens is 466 g/mol. The molecule has 0 fully saturated rings. The van der Waals surface area contributed by atoms with Crippen LogP contribution in [0.15, 0.2) is 58.7 Å². The Morgan fingerprint density at radius 3 is 2.63 bits per heavy atom. The van der Waals surface area contributed by atoms with Crippen LogP contribution in [0.4, 0.5) is 0 Å². The van der Waals surface area contributed by atoms with Crippen molar-refractivity contribution in [3.05, 3.63) is 97.9 Å². The van der Waals surface area contributed by atoms with E-state index in [9.17, 15) is 14.4 Å². The van der Waals surface area contributed by atoms with Crippen molar-refractivity contribution >= 4 is 33.4 Å². The quantitative estimate of drug-likeness (QED) is 0.341. The van der Waals surface area contributed by atoms with Gasteiger partial charge in [0.15, 0.2) is 0 Å². The lowest BCUT2D eigenvalue weighted by atomic mass is 10.1. The average Bonchev–Trinajstić information content (AvgIpc) is 3.26. The van der Waals surface area contributed by atoms with Crippen LogP contribution >= 0.6 is 11.3 Å². The number of hydrogen-bond acceptors (Lipinski definition) is 7. The average molecular weight is 492 g/mol. The summed E-state index contributed by atoms with van der Waals surface area (Å²) in [6, 6.07) is 14.8. The van der Waals surface area contributed by atoms with Crippen LogP contribution in [-0.2, 0) is 29.2 Å². The SMILES string of the molecule is CCOC(=O)c1ccc(COCc2csc3nc(C(=O)NCc4cccc(C)c4)[nH]c(=O)c23)cc1. The first-order valence-electron chi connectivity index (χ1n) is 11.1. The van der Waals surface area contributed by atoms with E-state index in [1.165, 1.54) is 11.3 Å². The molecule has 35 heavy (non-hydrogen) atoms. The highest BCUT2D eigenvalue weighted by Gasteiger charge is 2.16. The molecule has 0 unspecified atom stereocenters. The van der Waals surface area contributed by atoms with Gasteiger partial charge < -0.3 is 19.8 Å². The third-order valence-corrected chi connectivity index (χ3v) is 6.18. The number of carbonyl (C=O) groups excluding carboxylic acids is 2. The van der Waals surface area contributed by atoms with Gasteiger partial charge in [-0.15, -0.1) is 11.3 Å². The molecule has 0 bridgehead atoms. The number of H-pyrrole nitrogens is 1. The highest BCUT2D eigenvalue weighted by molar-refractivity contribution is 7.16. The molecule has 8 nitrogen and oxygen atoms in total. The maximum Gasteiger partial charge on any atom is 0.338 e. The van der Waals surface area contributed by atoms with E-state index in [1.54, 1.807) is 31.2 Å². The van der Waals surface area contributed by atoms with Gasteiger partial charge in [-0.2, -0.15) is 0 Å². The number of thiophene rings is 1. The Morgan fingerprint density at radius 2 is 1.89 bits per heavy atom. The summed E-state index contributed by atoms with van der Waals surface area (Å²) in [6.45, 7) is 4.93. The number of aromatic nitrogens is 2. The number of fused-ring (bicyclic) bond motifs is 1. The number of rotatable bonds is 9. The zero-order chi connectivity index (χ0) is 24.8. The van der Waals surface area contributed by atoms with Crippen molar-refractivity contribution in [2.24, 2.45) is 0 Å². The predicted octanol–water partition coefficient (Wildman–Crippen LogP) is 4.12. The second-order valence-corrected chi connectivity index (χ2v) is 8.80. The van der Waals surface area contributed by atoms with Gasteiger partial charge in [-0.25, -0.2) is 9.78 Å². The number of esters is 1. The van der Waals surface area contributed by atoms with E-state index >= 15 is 0 Å². The van der Waals surface area contributed by atoms with E-state index < -0.39 is 5.91 Å². The van der Waals surface area contributed by atoms with Crippen molar-refractivity contribution in [2.45, 2.75) is 33.6 Å². The fraction of sp³-hybridized carbons (Fsp3) is 0.231. The Hall–Kier alpha value is -3.82. The molecule has 0 atom stereocenters. The molecule has 0 saturated heterocycles. The van der Waals surface area contributed by atoms with Crippen molar-refractivity contribution in [1.29, 1.82) is 0 Å². The van der Waals surface area contributed by atoms with E-state index in [2.05, 4.69) is 15.3 Å². The first-order valence-corrected chi connectivity index (χ1v) is 12.0. The summed E-state index contributed by atoms with van der Waals surface area (Å²) in [6.07, 6.45) is 0. The molecule has 2 aromatic carbocycles. The molecule has 0 aliphatic rings. The predicted molar refractivity (Wildman–Crippen MR) is 133 cm³/mol. The molecular formula is C26H25N3O5S. The standard InChI is InChI=1S/C26H25N3O5S/c1-3-34-26(32)19-9-7-17(8-10-19)13-33-14-20-15-35-25-21(20)23(30)28-22(29-25)24(31)27-12-18-6-4-5-16(2)11-18/h4-11,15H,3,12-14H2,1-2H3,(H,27,31)(H,28,29,30). The molecule has 9 heteroatoms. The first-order chi connectivity index (χ1) is 16.9. The topological polar surface area (TPSA) is 110 Å². The summed E-state index contributed by atoms with van der Waals surface area (Å²) in [4.78, 5) is 44.4. The van der Waals surface area contributed by atoms with E-state index in [0.29, 0.717) is 41.1 Å². The van der Waals surface area contributed by atoms with E-state index in [0.717, 1.165) is 16.7 Å². The molecule has 2 aromatic heterocycles. The Morgan fingerprint density at radius 1 is 1.09 bits per heavy atom. The third kappa shape index (κ3) is 6.00. The number of benzene rings is 2. The molecule has 0 aliphatic carbocycles. The molecule has 0 radical (unpaired) electrons. The van der Waals surface area contributed by atoms with Crippen LogP contribution in [0.2, 0.25) is 0 Å². The highest BCUT2D eigenvalue weighted by Crippen LogP contribution is 2.22. The van der Waals surface area contributed by atoms with E-state index in [4.69, 9.17) is 9.47 Å². The number of hydrogen-bond donors (Lipinski definition) is 2. The molecule has 180 valence electrons. The summed E-state index contributed by atoms with van der Waals surface area (Å²) in [7, 11) is 0. The van der Waals surface area contributed by atoms with Crippen LogP contribution in [0.3, 0.4) is 0 Å². The van der Waals surface area contributed by atoms with Crippen molar-refractivity contribution < 1.29 is 19.1 Å². The highest BCUT2D eigenvalue weighted by atomic mass is 32.1. The van der Waals surface area contributed by atoms with Gasteiger partial charge in [0.25, 0.3) is 11.5 Å². The van der Waals surface area contributed by atoms with Crippen LogP contribution in [0.1, 0.15) is 50.2 Å². The van der Waals surface area contributed by atoms with Gasteiger partial charge in [0.2, 0.25) is 5.82 Å². The minimum Gasteiger partial charge on any atom is -0.462 e. The zero-order valence-electron chi connectivity index (χ0n) is 19.4. The number of nitrogens with zero attached hydrogens (tertiary/aromatic N) is 1. The molecule has 0 saturated carbocycles.